The van der Waals surface area contributed by atoms with Gasteiger partial charge in [0.25, 0.3) is 0 Å². The molecule has 0 spiro atoms. The summed E-state index contributed by atoms with van der Waals surface area (Å²) in [5.74, 6) is -0.123. The Hall–Kier alpha value is -3.73. The Morgan fingerprint density at radius 2 is 1.74 bits per heavy atom. The van der Waals surface area contributed by atoms with Crippen LogP contribution in [-0.2, 0) is 6.54 Å². The number of allylic oxidation sites excluding steroid dienone is 4. The Balaban J connectivity index is 1.42. The first-order chi connectivity index (χ1) is 13.3. The summed E-state index contributed by atoms with van der Waals surface area (Å²) in [7, 11) is 0. The summed E-state index contributed by atoms with van der Waals surface area (Å²) in [6.45, 7) is 0.772. The molecule has 5 nitrogen and oxygen atoms in total. The van der Waals surface area contributed by atoms with Crippen LogP contribution in [0.5, 0.6) is 0 Å². The number of hydrogen-bond acceptors (Lipinski definition) is 5. The second-order valence-electron chi connectivity index (χ2n) is 6.14. The molecule has 27 heavy (non-hydrogen) atoms. The Morgan fingerprint density at radius 1 is 1.00 bits per heavy atom. The van der Waals surface area contributed by atoms with Crippen LogP contribution in [0, 0.1) is 0 Å². The Labute approximate surface area is 157 Å². The molecule has 1 N–H and O–H groups in total. The van der Waals surface area contributed by atoms with Crippen molar-refractivity contribution in [3.8, 4) is 0 Å². The first-order valence-corrected chi connectivity index (χ1v) is 8.63. The highest BCUT2D eigenvalue weighted by Gasteiger charge is 2.10. The maximum Gasteiger partial charge on any atom is 0.238 e. The number of aliphatic imine (C=N–C) groups is 1. The van der Waals surface area contributed by atoms with Gasteiger partial charge in [-0.25, -0.2) is 0 Å². The molecule has 0 fully saturated rings. The average molecular weight is 354 g/mol. The van der Waals surface area contributed by atoms with Crippen molar-refractivity contribution in [2.75, 3.05) is 0 Å². The molecule has 2 aromatic carbocycles. The van der Waals surface area contributed by atoms with E-state index in [2.05, 4.69) is 27.4 Å². The molecule has 0 aliphatic carbocycles. The van der Waals surface area contributed by atoms with Crippen LogP contribution in [0.4, 0.5) is 5.69 Å². The lowest BCUT2D eigenvalue weighted by Gasteiger charge is -2.18. The van der Waals surface area contributed by atoms with Crippen LogP contribution < -0.4 is 0 Å². The van der Waals surface area contributed by atoms with E-state index in [1.54, 1.807) is 12.4 Å². The van der Waals surface area contributed by atoms with Gasteiger partial charge in [-0.05, 0) is 23.8 Å². The third-order valence-corrected chi connectivity index (χ3v) is 4.26. The smallest absolute Gasteiger partial charge is 0.238 e. The Kier molecular flexibility index (Phi) is 4.74. The lowest BCUT2D eigenvalue weighted by molar-refractivity contribution is 0.395. The fraction of sp³-hybridized carbons (Fsp3) is 0.0455. The topological polar surface area (TPSA) is 60.6 Å². The molecular formula is C22H18N4O. The van der Waals surface area contributed by atoms with Gasteiger partial charge in [-0.1, -0.05) is 48.5 Å². The first-order valence-electron chi connectivity index (χ1n) is 8.63. The van der Waals surface area contributed by atoms with Crippen LogP contribution >= 0.6 is 0 Å². The maximum atomic E-state index is 10.2. The summed E-state index contributed by atoms with van der Waals surface area (Å²) >= 11 is 0. The molecule has 0 bridgehead atoms. The minimum atomic E-state index is -0.123. The van der Waals surface area contributed by atoms with E-state index < -0.39 is 0 Å². The largest absolute Gasteiger partial charge is 0.492 e. The van der Waals surface area contributed by atoms with Gasteiger partial charge in [0.05, 0.1) is 11.9 Å². The summed E-state index contributed by atoms with van der Waals surface area (Å²) < 4.78 is 0. The summed E-state index contributed by atoms with van der Waals surface area (Å²) in [6, 6.07) is 18.0. The lowest BCUT2D eigenvalue weighted by atomic mass is 10.1. The number of aliphatic hydroxyl groups is 1. The molecule has 0 atom stereocenters. The van der Waals surface area contributed by atoms with Crippen LogP contribution in [-0.4, -0.2) is 16.2 Å². The summed E-state index contributed by atoms with van der Waals surface area (Å²) in [5.41, 5.74) is 4.63. The van der Waals surface area contributed by atoms with E-state index in [9.17, 15) is 5.11 Å². The monoisotopic (exact) mass is 354 g/mol. The third-order valence-electron chi connectivity index (χ3n) is 4.26. The number of azo groups is 1. The van der Waals surface area contributed by atoms with Gasteiger partial charge in [-0.15, -0.1) is 5.11 Å². The zero-order valence-electron chi connectivity index (χ0n) is 14.6. The van der Waals surface area contributed by atoms with Crippen molar-refractivity contribution >= 4 is 17.5 Å². The van der Waals surface area contributed by atoms with Crippen LogP contribution in [0.25, 0.3) is 5.57 Å². The van der Waals surface area contributed by atoms with E-state index in [0.29, 0.717) is 5.57 Å². The fourth-order valence-corrected chi connectivity index (χ4v) is 2.85. The number of rotatable bonds is 4. The van der Waals surface area contributed by atoms with Gasteiger partial charge < -0.3 is 10.0 Å². The maximum absolute atomic E-state index is 10.2. The second-order valence-corrected chi connectivity index (χ2v) is 6.14. The lowest BCUT2D eigenvalue weighted by Crippen LogP contribution is -2.11. The van der Waals surface area contributed by atoms with Crippen molar-refractivity contribution in [2.24, 2.45) is 15.2 Å². The predicted molar refractivity (Wildman–Crippen MR) is 107 cm³/mol. The van der Waals surface area contributed by atoms with Crippen LogP contribution in [0.3, 0.4) is 0 Å². The zero-order chi connectivity index (χ0) is 18.5. The van der Waals surface area contributed by atoms with Crippen LogP contribution in [0.2, 0.25) is 0 Å². The van der Waals surface area contributed by atoms with E-state index in [0.717, 1.165) is 23.4 Å². The molecule has 0 unspecified atom stereocenters. The highest BCUT2D eigenvalue weighted by Crippen LogP contribution is 2.30. The number of nitrogens with zero attached hydrogens (tertiary/aromatic N) is 4. The fourth-order valence-electron chi connectivity index (χ4n) is 2.85. The van der Waals surface area contributed by atoms with Crippen LogP contribution in [0.15, 0.2) is 112 Å². The number of benzene rings is 2. The number of hydrogen-bond donors (Lipinski definition) is 1. The molecule has 2 aliphatic rings. The molecule has 0 saturated heterocycles. The molecule has 2 heterocycles. The van der Waals surface area contributed by atoms with Gasteiger partial charge in [0, 0.05) is 41.9 Å². The molecule has 2 aliphatic heterocycles. The van der Waals surface area contributed by atoms with Crippen molar-refractivity contribution in [3.63, 3.8) is 0 Å². The SMILES string of the molecule is OC(N=N/C=C1\C=Nc2ccccc21)=C1C=CN(Cc2ccccc2)C=C1. The van der Waals surface area contributed by atoms with E-state index >= 15 is 0 Å². The Bertz CT molecular complexity index is 998. The summed E-state index contributed by atoms with van der Waals surface area (Å²) in [4.78, 5) is 6.35. The molecular weight excluding hydrogens is 336 g/mol. The van der Waals surface area contributed by atoms with Crippen molar-refractivity contribution in [2.45, 2.75) is 6.54 Å². The molecule has 132 valence electrons. The molecule has 5 heteroatoms. The number of fused-ring (bicyclic) bond motifs is 1. The van der Waals surface area contributed by atoms with Gasteiger partial charge in [-0.3, -0.25) is 4.99 Å². The summed E-state index contributed by atoms with van der Waals surface area (Å²) in [6.07, 6.45) is 10.8. The normalized spacial score (nSPS) is 16.5. The highest BCUT2D eigenvalue weighted by atomic mass is 16.3. The minimum absolute atomic E-state index is 0.123. The standard InChI is InChI=1S/C22H18N4O/c27-22(25-24-15-19-14-23-21-9-5-4-8-20(19)21)18-10-12-26(13-11-18)16-17-6-2-1-3-7-17/h1-15,27H,16H2/b19-15+,25-24?. The highest BCUT2D eigenvalue weighted by molar-refractivity contribution is 6.16. The van der Waals surface area contributed by atoms with Crippen LogP contribution in [0.1, 0.15) is 11.1 Å². The van der Waals surface area contributed by atoms with Crippen molar-refractivity contribution in [1.82, 2.24) is 4.90 Å². The van der Waals surface area contributed by atoms with Gasteiger partial charge in [-0.2, -0.15) is 5.11 Å². The number of aliphatic hydroxyl groups excluding tert-OH is 1. The van der Waals surface area contributed by atoms with Crippen molar-refractivity contribution in [1.29, 1.82) is 0 Å². The minimum Gasteiger partial charge on any atom is -0.492 e. The zero-order valence-corrected chi connectivity index (χ0v) is 14.6. The third kappa shape index (κ3) is 3.93. The van der Waals surface area contributed by atoms with E-state index in [-0.39, 0.29) is 5.88 Å². The molecule has 0 aromatic heterocycles. The van der Waals surface area contributed by atoms with Crippen molar-refractivity contribution in [3.05, 3.63) is 108 Å². The molecule has 0 amide bonds. The second kappa shape index (κ2) is 7.66. The first kappa shape index (κ1) is 16.7. The Morgan fingerprint density at radius 3 is 2.56 bits per heavy atom. The summed E-state index contributed by atoms with van der Waals surface area (Å²) in [5, 5.41) is 18.0. The quantitative estimate of drug-likeness (QED) is 0.581. The average Bonchev–Trinajstić information content (AvgIpc) is 3.12. The van der Waals surface area contributed by atoms with Gasteiger partial charge in [0.15, 0.2) is 0 Å². The molecule has 0 saturated carbocycles. The molecule has 0 radical (unpaired) electrons. The van der Waals surface area contributed by atoms with Gasteiger partial charge >= 0.3 is 0 Å². The molecule has 4 rings (SSSR count). The van der Waals surface area contributed by atoms with E-state index in [4.69, 9.17) is 0 Å². The predicted octanol–water partition coefficient (Wildman–Crippen LogP) is 5.51. The van der Waals surface area contributed by atoms with Gasteiger partial charge in [0.1, 0.15) is 0 Å². The van der Waals surface area contributed by atoms with Crippen molar-refractivity contribution < 1.29 is 5.11 Å². The van der Waals surface area contributed by atoms with E-state index in [1.165, 1.54) is 5.56 Å². The van der Waals surface area contributed by atoms with Gasteiger partial charge in [0.2, 0.25) is 5.88 Å². The number of para-hydroxylation sites is 1. The molecule has 2 aromatic rings. The van der Waals surface area contributed by atoms with E-state index in [1.807, 2.05) is 71.9 Å².